The van der Waals surface area contributed by atoms with Crippen LogP contribution in [0, 0.1) is 0 Å². The molecule has 0 aromatic heterocycles. The second-order valence-corrected chi connectivity index (χ2v) is 7.18. The largest absolute Gasteiger partial charge is 0.465 e. The SMILES string of the molecule is C=COc1cc(CCCCC)cc(OC(=O)NCC)c1C1C=C(C)CCC1. The standard InChI is InChI=1S/C23H33NO3/c1-5-8-9-12-18-15-20(26-7-3)22(19-13-10-11-17(4)14-19)21(16-18)27-23(25)24-6-2/h7,14-16,19H,3,5-6,8-13H2,1-2,4H3,(H,24,25). The molecule has 1 N–H and O–H groups in total. The Labute approximate surface area is 163 Å². The fourth-order valence-electron chi connectivity index (χ4n) is 3.63. The summed E-state index contributed by atoms with van der Waals surface area (Å²) >= 11 is 0. The number of benzene rings is 1. The molecule has 1 unspecified atom stereocenters. The van der Waals surface area contributed by atoms with Crippen LogP contribution in [0.15, 0.2) is 36.6 Å². The fourth-order valence-corrected chi connectivity index (χ4v) is 3.63. The van der Waals surface area contributed by atoms with Gasteiger partial charge in [0, 0.05) is 18.0 Å². The number of rotatable bonds is 9. The molecule has 0 saturated heterocycles. The van der Waals surface area contributed by atoms with Crippen LogP contribution in [0.25, 0.3) is 0 Å². The molecule has 1 aromatic carbocycles. The highest BCUT2D eigenvalue weighted by Gasteiger charge is 2.24. The first kappa shape index (κ1) is 21.1. The maximum Gasteiger partial charge on any atom is 0.412 e. The van der Waals surface area contributed by atoms with Gasteiger partial charge in [-0.1, -0.05) is 38.0 Å². The molecule has 1 atom stereocenters. The van der Waals surface area contributed by atoms with Gasteiger partial charge in [-0.05, 0) is 63.6 Å². The lowest BCUT2D eigenvalue weighted by Gasteiger charge is -2.24. The van der Waals surface area contributed by atoms with E-state index in [-0.39, 0.29) is 5.92 Å². The van der Waals surface area contributed by atoms with Crippen molar-refractivity contribution >= 4 is 6.09 Å². The zero-order valence-electron chi connectivity index (χ0n) is 17.0. The molecule has 27 heavy (non-hydrogen) atoms. The van der Waals surface area contributed by atoms with Crippen molar-refractivity contribution in [1.29, 1.82) is 0 Å². The van der Waals surface area contributed by atoms with Crippen molar-refractivity contribution in [2.24, 2.45) is 0 Å². The van der Waals surface area contributed by atoms with Crippen molar-refractivity contribution in [1.82, 2.24) is 5.32 Å². The second kappa shape index (κ2) is 10.8. The van der Waals surface area contributed by atoms with E-state index in [4.69, 9.17) is 9.47 Å². The lowest BCUT2D eigenvalue weighted by Crippen LogP contribution is -2.27. The molecule has 4 heteroatoms. The normalized spacial score (nSPS) is 16.4. The number of hydrogen-bond acceptors (Lipinski definition) is 3. The molecule has 4 nitrogen and oxygen atoms in total. The Bertz CT molecular complexity index is 678. The van der Waals surface area contributed by atoms with Crippen LogP contribution in [0.2, 0.25) is 0 Å². The molecule has 2 rings (SSSR count). The highest BCUT2D eigenvalue weighted by atomic mass is 16.6. The molecule has 0 fully saturated rings. The van der Waals surface area contributed by atoms with E-state index in [2.05, 4.69) is 37.9 Å². The van der Waals surface area contributed by atoms with Gasteiger partial charge >= 0.3 is 6.09 Å². The second-order valence-electron chi connectivity index (χ2n) is 7.18. The number of allylic oxidation sites excluding steroid dienone is 2. The Kier molecular flexibility index (Phi) is 8.43. The Morgan fingerprint density at radius 2 is 2.07 bits per heavy atom. The van der Waals surface area contributed by atoms with Gasteiger partial charge in [0.2, 0.25) is 0 Å². The number of hydrogen-bond donors (Lipinski definition) is 1. The first-order valence-electron chi connectivity index (χ1n) is 10.2. The maximum atomic E-state index is 12.1. The zero-order valence-corrected chi connectivity index (χ0v) is 17.0. The topological polar surface area (TPSA) is 47.6 Å². The van der Waals surface area contributed by atoms with E-state index in [1.54, 1.807) is 0 Å². The third kappa shape index (κ3) is 6.16. The first-order valence-corrected chi connectivity index (χ1v) is 10.2. The molecule has 0 spiro atoms. The smallest absolute Gasteiger partial charge is 0.412 e. The fraction of sp³-hybridized carbons (Fsp3) is 0.522. The van der Waals surface area contributed by atoms with Crippen molar-refractivity contribution < 1.29 is 14.3 Å². The van der Waals surface area contributed by atoms with E-state index in [1.807, 2.05) is 13.0 Å². The Morgan fingerprint density at radius 1 is 1.30 bits per heavy atom. The molecule has 0 saturated carbocycles. The number of carbonyl (C=O) groups excluding carboxylic acids is 1. The molecule has 0 bridgehead atoms. The Morgan fingerprint density at radius 3 is 2.74 bits per heavy atom. The summed E-state index contributed by atoms with van der Waals surface area (Å²) in [6, 6.07) is 4.09. The van der Waals surface area contributed by atoms with Gasteiger partial charge in [0.15, 0.2) is 0 Å². The van der Waals surface area contributed by atoms with Gasteiger partial charge in [-0.2, -0.15) is 0 Å². The van der Waals surface area contributed by atoms with Crippen LogP contribution in [0.1, 0.15) is 76.3 Å². The number of aryl methyl sites for hydroxylation is 1. The van der Waals surface area contributed by atoms with E-state index in [0.717, 1.165) is 49.0 Å². The van der Waals surface area contributed by atoms with Crippen molar-refractivity contribution in [2.75, 3.05) is 6.54 Å². The van der Waals surface area contributed by atoms with Crippen molar-refractivity contribution in [3.63, 3.8) is 0 Å². The van der Waals surface area contributed by atoms with E-state index in [9.17, 15) is 4.79 Å². The van der Waals surface area contributed by atoms with E-state index < -0.39 is 6.09 Å². The molecular weight excluding hydrogens is 338 g/mol. The molecule has 0 radical (unpaired) electrons. The van der Waals surface area contributed by atoms with Crippen LogP contribution < -0.4 is 14.8 Å². The minimum Gasteiger partial charge on any atom is -0.465 e. The molecule has 1 aliphatic rings. The average Bonchev–Trinajstić information content (AvgIpc) is 2.62. The van der Waals surface area contributed by atoms with E-state index >= 15 is 0 Å². The quantitative estimate of drug-likeness (QED) is 0.316. The molecule has 0 heterocycles. The molecule has 0 aliphatic heterocycles. The molecule has 1 aromatic rings. The van der Waals surface area contributed by atoms with Crippen molar-refractivity contribution in [3.05, 3.63) is 47.7 Å². The monoisotopic (exact) mass is 371 g/mol. The van der Waals surface area contributed by atoms with Gasteiger partial charge in [0.25, 0.3) is 0 Å². The van der Waals surface area contributed by atoms with Gasteiger partial charge in [0.05, 0.1) is 6.26 Å². The number of nitrogens with one attached hydrogen (secondary N) is 1. The summed E-state index contributed by atoms with van der Waals surface area (Å²) < 4.78 is 11.5. The van der Waals surface area contributed by atoms with Crippen LogP contribution in [-0.2, 0) is 6.42 Å². The first-order chi connectivity index (χ1) is 13.1. The summed E-state index contributed by atoms with van der Waals surface area (Å²) in [5.74, 6) is 1.53. The Balaban J connectivity index is 2.46. The average molecular weight is 372 g/mol. The summed E-state index contributed by atoms with van der Waals surface area (Å²) in [6.45, 7) is 10.5. The van der Waals surface area contributed by atoms with Crippen molar-refractivity contribution in [2.45, 2.75) is 71.6 Å². The van der Waals surface area contributed by atoms with E-state index in [1.165, 1.54) is 24.7 Å². The number of unbranched alkanes of at least 4 members (excludes halogenated alkanes) is 2. The summed E-state index contributed by atoms with van der Waals surface area (Å²) in [7, 11) is 0. The third-order valence-electron chi connectivity index (χ3n) is 4.91. The van der Waals surface area contributed by atoms with Gasteiger partial charge in [-0.25, -0.2) is 4.79 Å². The lowest BCUT2D eigenvalue weighted by molar-refractivity contribution is 0.200. The van der Waals surface area contributed by atoms with Crippen molar-refractivity contribution in [3.8, 4) is 11.5 Å². The molecule has 148 valence electrons. The van der Waals surface area contributed by atoms with Crippen LogP contribution in [-0.4, -0.2) is 12.6 Å². The molecule has 1 aliphatic carbocycles. The zero-order chi connectivity index (χ0) is 19.6. The van der Waals surface area contributed by atoms with E-state index in [0.29, 0.717) is 12.3 Å². The van der Waals surface area contributed by atoms with Crippen LogP contribution in [0.5, 0.6) is 11.5 Å². The molecule has 1 amide bonds. The highest BCUT2D eigenvalue weighted by Crippen LogP contribution is 2.43. The van der Waals surface area contributed by atoms with Crippen LogP contribution >= 0.6 is 0 Å². The van der Waals surface area contributed by atoms with Crippen LogP contribution in [0.3, 0.4) is 0 Å². The lowest BCUT2D eigenvalue weighted by atomic mass is 9.84. The molecular formula is C23H33NO3. The highest BCUT2D eigenvalue weighted by molar-refractivity contribution is 5.71. The van der Waals surface area contributed by atoms with Gasteiger partial charge < -0.3 is 14.8 Å². The maximum absolute atomic E-state index is 12.1. The Hall–Kier alpha value is -2.23. The number of carbonyl (C=O) groups is 1. The van der Waals surface area contributed by atoms with Gasteiger partial charge in [0.1, 0.15) is 11.5 Å². The van der Waals surface area contributed by atoms with Gasteiger partial charge in [-0.15, -0.1) is 0 Å². The summed E-state index contributed by atoms with van der Waals surface area (Å²) in [5.41, 5.74) is 3.44. The summed E-state index contributed by atoms with van der Waals surface area (Å²) in [6.07, 6.45) is 10.9. The summed E-state index contributed by atoms with van der Waals surface area (Å²) in [4.78, 5) is 12.1. The minimum absolute atomic E-state index is 0.183. The predicted molar refractivity (Wildman–Crippen MR) is 111 cm³/mol. The number of ether oxygens (including phenoxy) is 2. The van der Waals surface area contributed by atoms with Gasteiger partial charge in [-0.3, -0.25) is 0 Å². The summed E-state index contributed by atoms with van der Waals surface area (Å²) in [5, 5.41) is 2.72. The predicted octanol–water partition coefficient (Wildman–Crippen LogP) is 6.26. The third-order valence-corrected chi connectivity index (χ3v) is 4.91. The minimum atomic E-state index is -0.425. The van der Waals surface area contributed by atoms with Crippen LogP contribution in [0.4, 0.5) is 4.79 Å². The number of amides is 1.